The largest absolute Gasteiger partial charge is 0.381 e. The number of nitrogens with one attached hydrogen (secondary N) is 1. The van der Waals surface area contributed by atoms with Crippen molar-refractivity contribution in [3.05, 3.63) is 23.5 Å². The number of hydrogen-bond acceptors (Lipinski definition) is 2. The van der Waals surface area contributed by atoms with Crippen LogP contribution in [0.5, 0.6) is 0 Å². The minimum Gasteiger partial charge on any atom is -0.381 e. The molecule has 1 aromatic rings. The van der Waals surface area contributed by atoms with Gasteiger partial charge in [0.15, 0.2) is 0 Å². The van der Waals surface area contributed by atoms with Crippen molar-refractivity contribution < 1.29 is 0 Å². The lowest BCUT2D eigenvalue weighted by Crippen LogP contribution is -2.18. The van der Waals surface area contributed by atoms with Crippen LogP contribution < -0.4 is 5.32 Å². The maximum Gasteiger partial charge on any atom is 0.0820 e. The third kappa shape index (κ3) is 3.84. The summed E-state index contributed by atoms with van der Waals surface area (Å²) < 4.78 is 0. The Morgan fingerprint density at radius 2 is 2.29 bits per heavy atom. The van der Waals surface area contributed by atoms with Gasteiger partial charge >= 0.3 is 0 Å². The van der Waals surface area contributed by atoms with Crippen molar-refractivity contribution in [2.45, 2.75) is 31.1 Å². The Balaban J connectivity index is 2.56. The van der Waals surface area contributed by atoms with Gasteiger partial charge in [0.05, 0.1) is 10.7 Å². The maximum atomic E-state index is 5.97. The van der Waals surface area contributed by atoms with Gasteiger partial charge in [0, 0.05) is 23.3 Å². The Hall–Kier alpha value is -0.280. The molecule has 1 heterocycles. The number of halogens is 2. The molecule has 14 heavy (non-hydrogen) atoms. The van der Waals surface area contributed by atoms with Gasteiger partial charge in [-0.05, 0) is 19.4 Å². The number of rotatable bonds is 4. The van der Waals surface area contributed by atoms with Gasteiger partial charge < -0.3 is 5.32 Å². The second-order valence-corrected chi connectivity index (χ2v) is 5.39. The molecule has 4 heteroatoms. The van der Waals surface area contributed by atoms with E-state index in [0.717, 1.165) is 12.1 Å². The predicted octanol–water partition coefficient (Wildman–Crippen LogP) is 3.71. The van der Waals surface area contributed by atoms with E-state index in [1.165, 1.54) is 0 Å². The summed E-state index contributed by atoms with van der Waals surface area (Å²) in [6, 6.07) is 2.28. The normalized spacial score (nSPS) is 14.9. The van der Waals surface area contributed by atoms with Crippen molar-refractivity contribution in [2.75, 3.05) is 5.32 Å². The smallest absolute Gasteiger partial charge is 0.0820 e. The number of hydrogen-bond donors (Lipinski definition) is 1. The van der Waals surface area contributed by atoms with Crippen LogP contribution in [0.15, 0.2) is 18.5 Å². The lowest BCUT2D eigenvalue weighted by atomic mass is 10.2. The molecule has 0 aliphatic rings. The molecule has 0 aliphatic heterocycles. The SMILES string of the molecule is CC(Br)CC(C)Nc1ccncc1Cl. The molecule has 2 nitrogen and oxygen atoms in total. The van der Waals surface area contributed by atoms with Gasteiger partial charge in [-0.1, -0.05) is 34.5 Å². The molecule has 0 spiro atoms. The quantitative estimate of drug-likeness (QED) is 0.849. The average Bonchev–Trinajstić information content (AvgIpc) is 2.07. The van der Waals surface area contributed by atoms with E-state index in [2.05, 4.69) is 40.1 Å². The van der Waals surface area contributed by atoms with E-state index in [4.69, 9.17) is 11.6 Å². The molecule has 0 amide bonds. The van der Waals surface area contributed by atoms with Crippen LogP contribution in [-0.4, -0.2) is 15.9 Å². The topological polar surface area (TPSA) is 24.9 Å². The lowest BCUT2D eigenvalue weighted by Gasteiger charge is -2.17. The number of nitrogens with zero attached hydrogens (tertiary/aromatic N) is 1. The van der Waals surface area contributed by atoms with Gasteiger partial charge in [-0.2, -0.15) is 0 Å². The summed E-state index contributed by atoms with van der Waals surface area (Å²) >= 11 is 9.49. The van der Waals surface area contributed by atoms with Crippen LogP contribution in [-0.2, 0) is 0 Å². The first-order valence-corrected chi connectivity index (χ1v) is 5.89. The Bertz CT molecular complexity index is 291. The van der Waals surface area contributed by atoms with E-state index >= 15 is 0 Å². The Morgan fingerprint density at radius 1 is 1.57 bits per heavy atom. The Morgan fingerprint density at radius 3 is 2.86 bits per heavy atom. The second-order valence-electron chi connectivity index (χ2n) is 3.42. The van der Waals surface area contributed by atoms with Crippen molar-refractivity contribution >= 4 is 33.2 Å². The molecule has 1 aromatic heterocycles. The predicted molar refractivity (Wildman–Crippen MR) is 65.3 cm³/mol. The maximum absolute atomic E-state index is 5.97. The summed E-state index contributed by atoms with van der Waals surface area (Å²) in [5.74, 6) is 0. The van der Waals surface area contributed by atoms with Gasteiger partial charge in [0.2, 0.25) is 0 Å². The molecule has 0 aliphatic carbocycles. The third-order valence-electron chi connectivity index (χ3n) is 1.85. The molecular weight excluding hydrogens is 263 g/mol. The number of alkyl halides is 1. The summed E-state index contributed by atoms with van der Waals surface area (Å²) in [5.41, 5.74) is 0.947. The minimum atomic E-state index is 0.393. The third-order valence-corrected chi connectivity index (χ3v) is 2.53. The zero-order valence-electron chi connectivity index (χ0n) is 8.30. The van der Waals surface area contributed by atoms with Gasteiger partial charge in [-0.3, -0.25) is 4.98 Å². The molecule has 1 rings (SSSR count). The monoisotopic (exact) mass is 276 g/mol. The summed E-state index contributed by atoms with van der Waals surface area (Å²) in [4.78, 5) is 4.44. The zero-order valence-corrected chi connectivity index (χ0v) is 10.6. The molecule has 78 valence electrons. The van der Waals surface area contributed by atoms with Crippen LogP contribution in [0.2, 0.25) is 5.02 Å². The highest BCUT2D eigenvalue weighted by Gasteiger charge is 2.07. The Labute approximate surface area is 98.2 Å². The van der Waals surface area contributed by atoms with Crippen LogP contribution in [0.1, 0.15) is 20.3 Å². The van der Waals surface area contributed by atoms with Gasteiger partial charge in [-0.15, -0.1) is 0 Å². The van der Waals surface area contributed by atoms with Gasteiger partial charge in [-0.25, -0.2) is 0 Å². The van der Waals surface area contributed by atoms with Crippen LogP contribution in [0.4, 0.5) is 5.69 Å². The molecule has 0 fully saturated rings. The minimum absolute atomic E-state index is 0.393. The summed E-state index contributed by atoms with van der Waals surface area (Å²) in [6.45, 7) is 4.26. The summed E-state index contributed by atoms with van der Waals surface area (Å²) in [7, 11) is 0. The average molecular weight is 278 g/mol. The van der Waals surface area contributed by atoms with Crippen LogP contribution >= 0.6 is 27.5 Å². The van der Waals surface area contributed by atoms with Gasteiger partial charge in [0.25, 0.3) is 0 Å². The van der Waals surface area contributed by atoms with Crippen molar-refractivity contribution in [3.8, 4) is 0 Å². The van der Waals surface area contributed by atoms with E-state index in [0.29, 0.717) is 15.9 Å². The molecule has 0 aromatic carbocycles. The van der Waals surface area contributed by atoms with Crippen LogP contribution in [0.3, 0.4) is 0 Å². The molecule has 0 radical (unpaired) electrons. The van der Waals surface area contributed by atoms with Crippen molar-refractivity contribution in [1.82, 2.24) is 4.98 Å². The van der Waals surface area contributed by atoms with E-state index < -0.39 is 0 Å². The number of anilines is 1. The van der Waals surface area contributed by atoms with E-state index in [1.807, 2.05) is 6.07 Å². The molecule has 2 unspecified atom stereocenters. The van der Waals surface area contributed by atoms with Gasteiger partial charge in [0.1, 0.15) is 0 Å². The molecule has 1 N–H and O–H groups in total. The fraction of sp³-hybridized carbons (Fsp3) is 0.500. The van der Waals surface area contributed by atoms with E-state index in [9.17, 15) is 0 Å². The molecule has 0 bridgehead atoms. The van der Waals surface area contributed by atoms with Crippen molar-refractivity contribution in [2.24, 2.45) is 0 Å². The Kier molecular flexibility index (Phi) is 4.69. The van der Waals surface area contributed by atoms with E-state index in [-0.39, 0.29) is 0 Å². The fourth-order valence-corrected chi connectivity index (χ4v) is 2.04. The second kappa shape index (κ2) is 5.56. The molecule has 0 saturated carbocycles. The highest BCUT2D eigenvalue weighted by Crippen LogP contribution is 2.21. The van der Waals surface area contributed by atoms with E-state index in [1.54, 1.807) is 12.4 Å². The van der Waals surface area contributed by atoms with Crippen LogP contribution in [0, 0.1) is 0 Å². The highest BCUT2D eigenvalue weighted by molar-refractivity contribution is 9.09. The molecule has 0 saturated heterocycles. The number of aromatic nitrogens is 1. The summed E-state index contributed by atoms with van der Waals surface area (Å²) in [6.07, 6.45) is 4.44. The van der Waals surface area contributed by atoms with Crippen LogP contribution in [0.25, 0.3) is 0 Å². The number of pyridine rings is 1. The van der Waals surface area contributed by atoms with Crippen molar-refractivity contribution in [3.63, 3.8) is 0 Å². The standard InChI is InChI=1S/C10H14BrClN2/c1-7(11)5-8(2)14-10-3-4-13-6-9(10)12/h3-4,6-8H,5H2,1-2H3,(H,13,14). The van der Waals surface area contributed by atoms with Crippen molar-refractivity contribution in [1.29, 1.82) is 0 Å². The first-order chi connectivity index (χ1) is 6.59. The molecule has 2 atom stereocenters. The zero-order chi connectivity index (χ0) is 10.6. The first-order valence-electron chi connectivity index (χ1n) is 4.59. The lowest BCUT2D eigenvalue weighted by molar-refractivity contribution is 0.708. The summed E-state index contributed by atoms with van der Waals surface area (Å²) in [5, 5.41) is 4.01. The molecular formula is C10H14BrClN2. The fourth-order valence-electron chi connectivity index (χ4n) is 1.30. The highest BCUT2D eigenvalue weighted by atomic mass is 79.9. The first kappa shape index (κ1) is 11.8.